The van der Waals surface area contributed by atoms with Crippen LogP contribution in [0.1, 0.15) is 93.9 Å². The smallest absolute Gasteiger partial charge is 0.0249 e. The van der Waals surface area contributed by atoms with Gasteiger partial charge in [0, 0.05) is 11.1 Å². The average molecular weight is 411 g/mol. The predicted octanol–water partition coefficient (Wildman–Crippen LogP) is 8.28. The molecule has 0 bridgehead atoms. The van der Waals surface area contributed by atoms with Crippen LogP contribution in [0.5, 0.6) is 0 Å². The molecule has 0 aliphatic heterocycles. The highest BCUT2D eigenvalue weighted by Crippen LogP contribution is 2.11. The normalized spacial score (nSPS) is 10.4. The zero-order chi connectivity index (χ0) is 22.0. The van der Waals surface area contributed by atoms with Crippen molar-refractivity contribution in [3.05, 3.63) is 82.9 Å². The molecule has 0 N–H and O–H groups in total. The first kappa shape index (κ1) is 24.6. The molecule has 0 radical (unpaired) electrons. The first-order valence-electron chi connectivity index (χ1n) is 12.2. The van der Waals surface area contributed by atoms with E-state index in [0.717, 1.165) is 11.1 Å². The van der Waals surface area contributed by atoms with E-state index in [1.807, 2.05) is 12.2 Å². The maximum atomic E-state index is 3.19. The number of unbranched alkanes of at least 4 members (excludes halogenated alkanes) is 7. The first-order chi connectivity index (χ1) is 15.3. The van der Waals surface area contributed by atoms with Gasteiger partial charge in [0.25, 0.3) is 0 Å². The SMILES string of the molecule is CCCCCCCc1ccc(C#CC=CC#Cc2ccc(CCCCCC)cc2)cc1. The summed E-state index contributed by atoms with van der Waals surface area (Å²) in [5, 5.41) is 0. The molecule has 0 heterocycles. The van der Waals surface area contributed by atoms with Gasteiger partial charge in [0.15, 0.2) is 0 Å². The van der Waals surface area contributed by atoms with Crippen LogP contribution < -0.4 is 0 Å². The van der Waals surface area contributed by atoms with Gasteiger partial charge in [-0.05, 0) is 73.2 Å². The summed E-state index contributed by atoms with van der Waals surface area (Å²) in [5.41, 5.74) is 4.93. The van der Waals surface area contributed by atoms with Crippen LogP contribution in [0.3, 0.4) is 0 Å². The minimum absolute atomic E-state index is 1.06. The molecule has 0 saturated carbocycles. The van der Waals surface area contributed by atoms with E-state index in [0.29, 0.717) is 0 Å². The molecule has 0 heteroatoms. The molecule has 0 nitrogen and oxygen atoms in total. The van der Waals surface area contributed by atoms with Gasteiger partial charge in [-0.1, -0.05) is 107 Å². The van der Waals surface area contributed by atoms with Crippen molar-refractivity contribution in [1.29, 1.82) is 0 Å². The maximum absolute atomic E-state index is 3.19. The third-order valence-corrected chi connectivity index (χ3v) is 5.48. The van der Waals surface area contributed by atoms with Gasteiger partial charge in [-0.2, -0.15) is 0 Å². The van der Waals surface area contributed by atoms with E-state index in [9.17, 15) is 0 Å². The number of rotatable bonds is 11. The molecule has 0 aliphatic rings. The molecule has 2 rings (SSSR count). The summed E-state index contributed by atoms with van der Waals surface area (Å²) in [6, 6.07) is 17.3. The fourth-order valence-corrected chi connectivity index (χ4v) is 3.53. The van der Waals surface area contributed by atoms with E-state index < -0.39 is 0 Å². The van der Waals surface area contributed by atoms with Crippen LogP contribution in [-0.2, 0) is 12.8 Å². The number of allylic oxidation sites excluding steroid dienone is 2. The largest absolute Gasteiger partial charge is 0.0689 e. The van der Waals surface area contributed by atoms with Gasteiger partial charge in [0.1, 0.15) is 0 Å². The molecule has 2 aromatic carbocycles. The second-order valence-electron chi connectivity index (χ2n) is 8.24. The van der Waals surface area contributed by atoms with E-state index in [4.69, 9.17) is 0 Å². The van der Waals surface area contributed by atoms with Crippen LogP contribution in [0.4, 0.5) is 0 Å². The highest BCUT2D eigenvalue weighted by Gasteiger charge is 1.95. The van der Waals surface area contributed by atoms with Crippen LogP contribution in [0.15, 0.2) is 60.7 Å². The maximum Gasteiger partial charge on any atom is 0.0249 e. The Morgan fingerprint density at radius 2 is 0.903 bits per heavy atom. The zero-order valence-electron chi connectivity index (χ0n) is 19.6. The highest BCUT2D eigenvalue weighted by molar-refractivity contribution is 5.42. The Kier molecular flexibility index (Phi) is 12.7. The van der Waals surface area contributed by atoms with E-state index >= 15 is 0 Å². The van der Waals surface area contributed by atoms with Crippen molar-refractivity contribution in [2.45, 2.75) is 84.5 Å². The molecule has 0 saturated heterocycles. The van der Waals surface area contributed by atoms with E-state index in [2.05, 4.69) is 86.1 Å². The fourth-order valence-electron chi connectivity index (χ4n) is 3.53. The number of benzene rings is 2. The van der Waals surface area contributed by atoms with Crippen molar-refractivity contribution in [2.75, 3.05) is 0 Å². The molecule has 0 aromatic heterocycles. The molecule has 31 heavy (non-hydrogen) atoms. The Morgan fingerprint density at radius 1 is 0.516 bits per heavy atom. The second-order valence-corrected chi connectivity index (χ2v) is 8.24. The molecule has 0 atom stereocenters. The number of aryl methyl sites for hydroxylation is 2. The minimum atomic E-state index is 1.06. The lowest BCUT2D eigenvalue weighted by Crippen LogP contribution is -1.86. The molecule has 0 unspecified atom stereocenters. The standard InChI is InChI=1S/C31H38/c1-3-5-7-9-13-17-29-24-26-31(27-25-29)19-15-11-10-14-18-30-22-20-28(21-23-30)16-12-8-6-4-2/h10-11,20-27H,3-9,12-13,16-17H2,1-2H3. The lowest BCUT2D eigenvalue weighted by atomic mass is 10.0. The number of hydrogen-bond acceptors (Lipinski definition) is 0. The third kappa shape index (κ3) is 11.3. The van der Waals surface area contributed by atoms with Crippen LogP contribution in [0, 0.1) is 23.7 Å². The van der Waals surface area contributed by atoms with Crippen molar-refractivity contribution in [3.63, 3.8) is 0 Å². The Balaban J connectivity index is 1.73. The Labute approximate surface area is 191 Å². The average Bonchev–Trinajstić information content (AvgIpc) is 2.80. The van der Waals surface area contributed by atoms with Crippen molar-refractivity contribution >= 4 is 0 Å². The molecule has 162 valence electrons. The lowest BCUT2D eigenvalue weighted by Gasteiger charge is -2.01. The molecular formula is C31H38. The Morgan fingerprint density at radius 3 is 1.32 bits per heavy atom. The van der Waals surface area contributed by atoms with E-state index in [-0.39, 0.29) is 0 Å². The zero-order valence-corrected chi connectivity index (χ0v) is 19.6. The Hall–Kier alpha value is -2.70. The van der Waals surface area contributed by atoms with Crippen molar-refractivity contribution in [2.24, 2.45) is 0 Å². The molecular weight excluding hydrogens is 372 g/mol. The summed E-state index contributed by atoms with van der Waals surface area (Å²) in [7, 11) is 0. The molecule has 0 spiro atoms. The van der Waals surface area contributed by atoms with Gasteiger partial charge in [-0.15, -0.1) is 0 Å². The first-order valence-corrected chi connectivity index (χ1v) is 12.2. The molecule has 0 aliphatic carbocycles. The molecule has 2 aromatic rings. The highest BCUT2D eigenvalue weighted by atomic mass is 14.0. The van der Waals surface area contributed by atoms with Gasteiger partial charge in [0.05, 0.1) is 0 Å². The van der Waals surface area contributed by atoms with Crippen LogP contribution >= 0.6 is 0 Å². The third-order valence-electron chi connectivity index (χ3n) is 5.48. The van der Waals surface area contributed by atoms with Crippen LogP contribution in [-0.4, -0.2) is 0 Å². The van der Waals surface area contributed by atoms with Crippen LogP contribution in [0.2, 0.25) is 0 Å². The number of hydrogen-bond donors (Lipinski definition) is 0. The van der Waals surface area contributed by atoms with E-state index in [1.165, 1.54) is 81.8 Å². The summed E-state index contributed by atoms with van der Waals surface area (Å²) in [6.45, 7) is 4.51. The van der Waals surface area contributed by atoms with Crippen molar-refractivity contribution in [1.82, 2.24) is 0 Å². The fraction of sp³-hybridized carbons (Fsp3) is 0.419. The molecule has 0 fully saturated rings. The van der Waals surface area contributed by atoms with Crippen LogP contribution in [0.25, 0.3) is 0 Å². The van der Waals surface area contributed by atoms with Gasteiger partial charge < -0.3 is 0 Å². The summed E-state index contributed by atoms with van der Waals surface area (Å²) in [4.78, 5) is 0. The molecule has 0 amide bonds. The summed E-state index contributed by atoms with van der Waals surface area (Å²) < 4.78 is 0. The van der Waals surface area contributed by atoms with Crippen molar-refractivity contribution < 1.29 is 0 Å². The van der Waals surface area contributed by atoms with Gasteiger partial charge in [-0.25, -0.2) is 0 Å². The predicted molar refractivity (Wildman–Crippen MR) is 136 cm³/mol. The van der Waals surface area contributed by atoms with Gasteiger partial charge >= 0.3 is 0 Å². The van der Waals surface area contributed by atoms with Gasteiger partial charge in [-0.3, -0.25) is 0 Å². The summed E-state index contributed by atoms with van der Waals surface area (Å²) in [6.07, 6.45) is 17.9. The topological polar surface area (TPSA) is 0 Å². The quantitative estimate of drug-likeness (QED) is 0.258. The monoisotopic (exact) mass is 410 g/mol. The summed E-state index contributed by atoms with van der Waals surface area (Å²) in [5.74, 6) is 12.5. The van der Waals surface area contributed by atoms with E-state index in [1.54, 1.807) is 0 Å². The second kappa shape index (κ2) is 16.1. The van der Waals surface area contributed by atoms with Crippen molar-refractivity contribution in [3.8, 4) is 23.7 Å². The lowest BCUT2D eigenvalue weighted by molar-refractivity contribution is 0.632. The summed E-state index contributed by atoms with van der Waals surface area (Å²) >= 11 is 0. The Bertz CT molecular complexity index is 874. The minimum Gasteiger partial charge on any atom is -0.0689 e. The van der Waals surface area contributed by atoms with Gasteiger partial charge in [0.2, 0.25) is 0 Å².